The third-order valence-electron chi connectivity index (χ3n) is 2.30. The number of rotatable bonds is 6. The molecule has 0 saturated carbocycles. The maximum absolute atomic E-state index is 8.58. The lowest BCUT2D eigenvalue weighted by Gasteiger charge is -2.14. The molecule has 1 aromatic rings. The normalized spacial score (nSPS) is 13.4. The van der Waals surface area contributed by atoms with Crippen LogP contribution in [0.15, 0.2) is 29.4 Å². The van der Waals surface area contributed by atoms with Gasteiger partial charge in [-0.3, -0.25) is 0 Å². The van der Waals surface area contributed by atoms with Gasteiger partial charge in [-0.15, -0.1) is 0 Å². The van der Waals surface area contributed by atoms with Gasteiger partial charge < -0.3 is 20.4 Å². The molecule has 1 unspecified atom stereocenters. The number of nitrogens with two attached hydrogens (primary N) is 1. The summed E-state index contributed by atoms with van der Waals surface area (Å²) >= 11 is 0. The van der Waals surface area contributed by atoms with E-state index in [1.54, 1.807) is 25.3 Å². The zero-order chi connectivity index (χ0) is 12.7. The molecule has 3 N–H and O–H groups in total. The van der Waals surface area contributed by atoms with Crippen LogP contribution in [0, 0.1) is 0 Å². The lowest BCUT2D eigenvalue weighted by atomic mass is 10.2. The van der Waals surface area contributed by atoms with E-state index >= 15 is 0 Å². The standard InChI is InChI=1S/C12H18N2O3/c1-9(6-7-16-2)17-11-5-3-4-10(8-11)12(13)14-15/h3-5,8-9,15H,6-7H2,1-2H3,(H2,13,14). The van der Waals surface area contributed by atoms with E-state index < -0.39 is 0 Å². The van der Waals surface area contributed by atoms with Crippen molar-refractivity contribution >= 4 is 5.84 Å². The second-order valence-corrected chi connectivity index (χ2v) is 3.72. The fraction of sp³-hybridized carbons (Fsp3) is 0.417. The maximum Gasteiger partial charge on any atom is 0.170 e. The van der Waals surface area contributed by atoms with Crippen LogP contribution in [0.4, 0.5) is 0 Å². The average molecular weight is 238 g/mol. The van der Waals surface area contributed by atoms with Crippen LogP contribution < -0.4 is 10.5 Å². The van der Waals surface area contributed by atoms with Crippen molar-refractivity contribution in [2.45, 2.75) is 19.4 Å². The molecule has 17 heavy (non-hydrogen) atoms. The minimum absolute atomic E-state index is 0.0532. The number of hydrogen-bond donors (Lipinski definition) is 2. The van der Waals surface area contributed by atoms with E-state index in [1.807, 2.05) is 13.0 Å². The van der Waals surface area contributed by atoms with Crippen molar-refractivity contribution in [2.24, 2.45) is 10.9 Å². The first-order valence-electron chi connectivity index (χ1n) is 5.41. The zero-order valence-electron chi connectivity index (χ0n) is 10.1. The molecule has 0 heterocycles. The number of oxime groups is 1. The van der Waals surface area contributed by atoms with Crippen molar-refractivity contribution in [3.8, 4) is 5.75 Å². The summed E-state index contributed by atoms with van der Waals surface area (Å²) in [6, 6.07) is 7.11. The summed E-state index contributed by atoms with van der Waals surface area (Å²) in [5.41, 5.74) is 6.13. The highest BCUT2D eigenvalue weighted by Crippen LogP contribution is 2.15. The highest BCUT2D eigenvalue weighted by molar-refractivity contribution is 5.97. The molecule has 0 aliphatic rings. The van der Waals surface area contributed by atoms with Crippen LogP contribution in [-0.2, 0) is 4.74 Å². The summed E-state index contributed by atoms with van der Waals surface area (Å²) in [4.78, 5) is 0. The summed E-state index contributed by atoms with van der Waals surface area (Å²) < 4.78 is 10.7. The smallest absolute Gasteiger partial charge is 0.170 e. The first kappa shape index (κ1) is 13.3. The SMILES string of the molecule is COCCC(C)Oc1cccc(/C(N)=N/O)c1. The minimum Gasteiger partial charge on any atom is -0.491 e. The van der Waals surface area contributed by atoms with Crippen LogP contribution in [0.5, 0.6) is 5.75 Å². The number of ether oxygens (including phenoxy) is 2. The highest BCUT2D eigenvalue weighted by atomic mass is 16.5. The Hall–Kier alpha value is -1.75. The third kappa shape index (κ3) is 4.32. The highest BCUT2D eigenvalue weighted by Gasteiger charge is 2.05. The molecule has 1 aromatic carbocycles. The van der Waals surface area contributed by atoms with Crippen molar-refractivity contribution in [1.29, 1.82) is 0 Å². The molecule has 0 saturated heterocycles. The Balaban J connectivity index is 2.65. The maximum atomic E-state index is 8.58. The summed E-state index contributed by atoms with van der Waals surface area (Å²) in [7, 11) is 1.66. The quantitative estimate of drug-likeness (QED) is 0.341. The number of methoxy groups -OCH3 is 1. The molecule has 0 aliphatic carbocycles. The molecule has 0 radical (unpaired) electrons. The minimum atomic E-state index is 0.0532. The van der Waals surface area contributed by atoms with Gasteiger partial charge in [-0.05, 0) is 19.1 Å². The fourth-order valence-corrected chi connectivity index (χ4v) is 1.36. The lowest BCUT2D eigenvalue weighted by molar-refractivity contribution is 0.135. The Morgan fingerprint density at radius 2 is 2.29 bits per heavy atom. The molecule has 0 spiro atoms. The van der Waals surface area contributed by atoms with Gasteiger partial charge in [0.1, 0.15) is 5.75 Å². The van der Waals surface area contributed by atoms with E-state index in [2.05, 4.69) is 5.16 Å². The van der Waals surface area contributed by atoms with Crippen LogP contribution >= 0.6 is 0 Å². The van der Waals surface area contributed by atoms with Gasteiger partial charge in [0.25, 0.3) is 0 Å². The summed E-state index contributed by atoms with van der Waals surface area (Å²) in [5.74, 6) is 0.762. The molecule has 0 bridgehead atoms. The molecular weight excluding hydrogens is 220 g/mol. The summed E-state index contributed by atoms with van der Waals surface area (Å²) in [6.45, 7) is 2.62. The third-order valence-corrected chi connectivity index (χ3v) is 2.30. The van der Waals surface area contributed by atoms with E-state index in [0.717, 1.165) is 6.42 Å². The Kier molecular flexibility index (Phi) is 5.29. The Morgan fingerprint density at radius 3 is 2.94 bits per heavy atom. The van der Waals surface area contributed by atoms with Crippen molar-refractivity contribution in [3.05, 3.63) is 29.8 Å². The van der Waals surface area contributed by atoms with Crippen molar-refractivity contribution < 1.29 is 14.7 Å². The molecule has 0 amide bonds. The molecular formula is C12H18N2O3. The number of benzene rings is 1. The van der Waals surface area contributed by atoms with Crippen LogP contribution in [0.25, 0.3) is 0 Å². The van der Waals surface area contributed by atoms with Crippen LogP contribution in [0.3, 0.4) is 0 Å². The number of nitrogens with zero attached hydrogens (tertiary/aromatic N) is 1. The first-order valence-corrected chi connectivity index (χ1v) is 5.41. The van der Waals surface area contributed by atoms with E-state index in [4.69, 9.17) is 20.4 Å². The molecule has 0 aliphatic heterocycles. The van der Waals surface area contributed by atoms with Crippen LogP contribution in [0.2, 0.25) is 0 Å². The monoisotopic (exact) mass is 238 g/mol. The largest absolute Gasteiger partial charge is 0.491 e. The second-order valence-electron chi connectivity index (χ2n) is 3.72. The van der Waals surface area contributed by atoms with E-state index in [1.165, 1.54) is 0 Å². The van der Waals surface area contributed by atoms with E-state index in [9.17, 15) is 0 Å². The predicted octanol–water partition coefficient (Wildman–Crippen LogP) is 1.58. The topological polar surface area (TPSA) is 77.1 Å². The summed E-state index contributed by atoms with van der Waals surface area (Å²) in [6.07, 6.45) is 0.863. The van der Waals surface area contributed by atoms with Gasteiger partial charge in [0, 0.05) is 25.7 Å². The molecule has 0 aromatic heterocycles. The molecule has 0 fully saturated rings. The predicted molar refractivity (Wildman–Crippen MR) is 65.5 cm³/mol. The van der Waals surface area contributed by atoms with Gasteiger partial charge >= 0.3 is 0 Å². The number of amidine groups is 1. The second kappa shape index (κ2) is 6.75. The zero-order valence-corrected chi connectivity index (χ0v) is 10.1. The molecule has 94 valence electrons. The van der Waals surface area contributed by atoms with Crippen LogP contribution in [0.1, 0.15) is 18.9 Å². The van der Waals surface area contributed by atoms with Gasteiger partial charge in [-0.2, -0.15) is 0 Å². The molecule has 1 atom stereocenters. The first-order chi connectivity index (χ1) is 8.17. The van der Waals surface area contributed by atoms with Gasteiger partial charge in [-0.25, -0.2) is 0 Å². The van der Waals surface area contributed by atoms with Crippen molar-refractivity contribution in [3.63, 3.8) is 0 Å². The lowest BCUT2D eigenvalue weighted by Crippen LogP contribution is -2.16. The van der Waals surface area contributed by atoms with Crippen molar-refractivity contribution in [2.75, 3.05) is 13.7 Å². The molecule has 5 heteroatoms. The van der Waals surface area contributed by atoms with Gasteiger partial charge in [0.2, 0.25) is 0 Å². The Morgan fingerprint density at radius 1 is 1.53 bits per heavy atom. The fourth-order valence-electron chi connectivity index (χ4n) is 1.36. The van der Waals surface area contributed by atoms with E-state index in [0.29, 0.717) is 17.9 Å². The van der Waals surface area contributed by atoms with Gasteiger partial charge in [-0.1, -0.05) is 17.3 Å². The van der Waals surface area contributed by atoms with E-state index in [-0.39, 0.29) is 11.9 Å². The van der Waals surface area contributed by atoms with Gasteiger partial charge in [0.15, 0.2) is 5.84 Å². The Labute approximate surface area is 101 Å². The molecule has 1 rings (SSSR count). The van der Waals surface area contributed by atoms with Crippen molar-refractivity contribution in [1.82, 2.24) is 0 Å². The molecule has 5 nitrogen and oxygen atoms in total. The number of hydrogen-bond acceptors (Lipinski definition) is 4. The van der Waals surface area contributed by atoms with Gasteiger partial charge in [0.05, 0.1) is 6.10 Å². The summed E-state index contributed by atoms with van der Waals surface area (Å²) in [5, 5.41) is 11.5. The average Bonchev–Trinajstić information content (AvgIpc) is 2.35. The Bertz CT molecular complexity index is 380. The van der Waals surface area contributed by atoms with Crippen LogP contribution in [-0.4, -0.2) is 30.9 Å².